The largest absolute Gasteiger partial charge is 0.291 e. The summed E-state index contributed by atoms with van der Waals surface area (Å²) in [4.78, 5) is 4.58. The van der Waals surface area contributed by atoms with Crippen LogP contribution in [0, 0.1) is 0 Å². The Balaban J connectivity index is 1.84. The van der Waals surface area contributed by atoms with Crippen LogP contribution in [-0.4, -0.2) is 11.0 Å². The summed E-state index contributed by atoms with van der Waals surface area (Å²) in [7, 11) is 0. The normalized spacial score (nSPS) is 11.9. The maximum absolute atomic E-state index is 4.58. The van der Waals surface area contributed by atoms with E-state index in [1.807, 2.05) is 17.8 Å². The zero-order valence-corrected chi connectivity index (χ0v) is 12.9. The average Bonchev–Trinajstić information content (AvgIpc) is 2.47. The van der Waals surface area contributed by atoms with Crippen LogP contribution in [-0.2, 0) is 12.3 Å². The fourth-order valence-electron chi connectivity index (χ4n) is 1.84. The topological polar surface area (TPSA) is 12.4 Å². The number of nitrogens with zero attached hydrogens (tertiary/aromatic N) is 1. The molecule has 0 fully saturated rings. The van der Waals surface area contributed by atoms with E-state index in [2.05, 4.69) is 79.7 Å². The summed E-state index contributed by atoms with van der Waals surface area (Å²) in [5.74, 6) is 1.02. The van der Waals surface area contributed by atoms with Crippen LogP contribution >= 0.6 is 11.8 Å². The van der Waals surface area contributed by atoms with Gasteiger partial charge in [-0.1, -0.05) is 60.7 Å². The Bertz CT molecular complexity index is 532. The highest BCUT2D eigenvalue weighted by molar-refractivity contribution is 8.00. The van der Waals surface area contributed by atoms with Gasteiger partial charge in [-0.05, 0) is 25.0 Å². The quantitative estimate of drug-likeness (QED) is 0.682. The molecule has 0 unspecified atom stereocenters. The molecule has 0 amide bonds. The predicted octanol–water partition coefficient (Wildman–Crippen LogP) is 4.97. The van der Waals surface area contributed by atoms with Gasteiger partial charge in [0.25, 0.3) is 0 Å². The van der Waals surface area contributed by atoms with E-state index in [0.29, 0.717) is 0 Å². The molecule has 2 aromatic carbocycles. The van der Waals surface area contributed by atoms with Gasteiger partial charge in [0.1, 0.15) is 0 Å². The van der Waals surface area contributed by atoms with E-state index in [9.17, 15) is 0 Å². The fourth-order valence-corrected chi connectivity index (χ4v) is 2.72. The molecule has 0 spiro atoms. The summed E-state index contributed by atoms with van der Waals surface area (Å²) in [6.45, 7) is 5.19. The average molecular weight is 283 g/mol. The number of benzene rings is 2. The van der Waals surface area contributed by atoms with Crippen LogP contribution in [0.3, 0.4) is 0 Å². The number of thioether (sulfide) groups is 1. The van der Waals surface area contributed by atoms with Crippen molar-refractivity contribution in [2.75, 3.05) is 0 Å². The van der Waals surface area contributed by atoms with Gasteiger partial charge in [0.2, 0.25) is 0 Å². The highest BCUT2D eigenvalue weighted by Gasteiger charge is 2.15. The van der Waals surface area contributed by atoms with E-state index in [-0.39, 0.29) is 4.75 Å². The highest BCUT2D eigenvalue weighted by atomic mass is 32.2. The van der Waals surface area contributed by atoms with E-state index >= 15 is 0 Å². The summed E-state index contributed by atoms with van der Waals surface area (Å²) in [5.41, 5.74) is 2.62. The molecule has 2 heteroatoms. The Morgan fingerprint density at radius 2 is 1.45 bits per heavy atom. The Hall–Kier alpha value is -1.54. The second-order valence-corrected chi connectivity index (χ2v) is 6.96. The minimum atomic E-state index is 0.0601. The molecule has 0 saturated heterocycles. The molecule has 0 radical (unpaired) electrons. The van der Waals surface area contributed by atoms with E-state index in [0.717, 1.165) is 12.3 Å². The van der Waals surface area contributed by atoms with E-state index in [4.69, 9.17) is 0 Å². The Kier molecular flexibility index (Phi) is 5.42. The molecule has 0 atom stereocenters. The summed E-state index contributed by atoms with van der Waals surface area (Å²) >= 11 is 1.92. The molecule has 0 heterocycles. The first kappa shape index (κ1) is 14.9. The minimum absolute atomic E-state index is 0.0601. The van der Waals surface area contributed by atoms with Gasteiger partial charge < -0.3 is 0 Å². The first-order chi connectivity index (χ1) is 9.66. The molecular weight excluding hydrogens is 262 g/mol. The van der Waals surface area contributed by atoms with Crippen molar-refractivity contribution in [1.82, 2.24) is 0 Å². The van der Waals surface area contributed by atoms with Crippen LogP contribution in [0.25, 0.3) is 0 Å². The minimum Gasteiger partial charge on any atom is -0.291 e. The lowest BCUT2D eigenvalue weighted by atomic mass is 10.2. The molecule has 1 nitrogen and oxygen atoms in total. The molecule has 0 aromatic heterocycles. The third-order valence-electron chi connectivity index (χ3n) is 2.97. The third-order valence-corrected chi connectivity index (χ3v) is 4.30. The molecule has 0 bridgehead atoms. The zero-order chi connectivity index (χ0) is 14.3. The number of rotatable bonds is 6. The van der Waals surface area contributed by atoms with Crippen molar-refractivity contribution in [3.63, 3.8) is 0 Å². The van der Waals surface area contributed by atoms with Gasteiger partial charge in [-0.2, -0.15) is 0 Å². The standard InChI is InChI=1S/C18H21NS/c1-18(2,20-14-17-11-7-4-8-12-17)15-19-13-16-9-5-3-6-10-16/h3-12,15H,13-14H2,1-2H3. The first-order valence-electron chi connectivity index (χ1n) is 6.88. The van der Waals surface area contributed by atoms with E-state index in [1.54, 1.807) is 0 Å². The predicted molar refractivity (Wildman–Crippen MR) is 90.5 cm³/mol. The van der Waals surface area contributed by atoms with Crippen molar-refractivity contribution in [1.29, 1.82) is 0 Å². The fraction of sp³-hybridized carbons (Fsp3) is 0.278. The Morgan fingerprint density at radius 1 is 0.900 bits per heavy atom. The van der Waals surface area contributed by atoms with Gasteiger partial charge in [0.15, 0.2) is 0 Å². The second-order valence-electron chi connectivity index (χ2n) is 5.33. The van der Waals surface area contributed by atoms with Crippen molar-refractivity contribution in [3.8, 4) is 0 Å². The number of hydrogen-bond donors (Lipinski definition) is 0. The zero-order valence-electron chi connectivity index (χ0n) is 12.1. The van der Waals surface area contributed by atoms with Gasteiger partial charge in [-0.3, -0.25) is 4.99 Å². The van der Waals surface area contributed by atoms with Crippen molar-refractivity contribution in [2.24, 2.45) is 4.99 Å². The molecule has 0 aliphatic heterocycles. The number of aliphatic imine (C=N–C) groups is 1. The maximum Gasteiger partial charge on any atom is 0.0636 e. The molecule has 104 valence electrons. The van der Waals surface area contributed by atoms with Crippen LogP contribution in [0.1, 0.15) is 25.0 Å². The molecule has 0 aliphatic rings. The summed E-state index contributed by atoms with van der Waals surface area (Å²) in [6, 6.07) is 20.9. The maximum atomic E-state index is 4.58. The SMILES string of the molecule is CC(C)(C=NCc1ccccc1)SCc1ccccc1. The molecule has 0 saturated carbocycles. The molecule has 20 heavy (non-hydrogen) atoms. The summed E-state index contributed by atoms with van der Waals surface area (Å²) in [6.07, 6.45) is 2.08. The van der Waals surface area contributed by atoms with Crippen molar-refractivity contribution >= 4 is 18.0 Å². The van der Waals surface area contributed by atoms with Gasteiger partial charge in [-0.25, -0.2) is 0 Å². The van der Waals surface area contributed by atoms with Gasteiger partial charge in [-0.15, -0.1) is 11.8 Å². The van der Waals surface area contributed by atoms with Crippen LogP contribution < -0.4 is 0 Å². The molecule has 0 N–H and O–H groups in total. The first-order valence-corrected chi connectivity index (χ1v) is 7.87. The van der Waals surface area contributed by atoms with E-state index < -0.39 is 0 Å². The van der Waals surface area contributed by atoms with Gasteiger partial charge in [0.05, 0.1) is 6.54 Å². The van der Waals surface area contributed by atoms with Crippen LogP contribution in [0.15, 0.2) is 65.7 Å². The smallest absolute Gasteiger partial charge is 0.0636 e. The van der Waals surface area contributed by atoms with Crippen LogP contribution in [0.4, 0.5) is 0 Å². The second kappa shape index (κ2) is 7.30. The summed E-state index contributed by atoms with van der Waals surface area (Å²) in [5, 5.41) is 0. The van der Waals surface area contributed by atoms with Gasteiger partial charge in [0, 0.05) is 16.7 Å². The van der Waals surface area contributed by atoms with Crippen LogP contribution in [0.5, 0.6) is 0 Å². The van der Waals surface area contributed by atoms with E-state index in [1.165, 1.54) is 11.1 Å². The Labute approximate surface area is 126 Å². The lowest BCUT2D eigenvalue weighted by molar-refractivity contribution is 0.946. The van der Waals surface area contributed by atoms with Crippen LogP contribution in [0.2, 0.25) is 0 Å². The summed E-state index contributed by atoms with van der Waals surface area (Å²) < 4.78 is 0.0601. The molecular formula is C18H21NS. The monoisotopic (exact) mass is 283 g/mol. The third kappa shape index (κ3) is 5.22. The van der Waals surface area contributed by atoms with Crippen molar-refractivity contribution in [2.45, 2.75) is 30.9 Å². The lowest BCUT2D eigenvalue weighted by Gasteiger charge is -2.18. The Morgan fingerprint density at radius 3 is 2.05 bits per heavy atom. The van der Waals surface area contributed by atoms with Gasteiger partial charge >= 0.3 is 0 Å². The number of hydrogen-bond acceptors (Lipinski definition) is 2. The lowest BCUT2D eigenvalue weighted by Crippen LogP contribution is -2.16. The van der Waals surface area contributed by atoms with Crippen molar-refractivity contribution in [3.05, 3.63) is 71.8 Å². The molecule has 2 aromatic rings. The molecule has 2 rings (SSSR count). The highest BCUT2D eigenvalue weighted by Crippen LogP contribution is 2.26. The van der Waals surface area contributed by atoms with Crippen molar-refractivity contribution < 1.29 is 0 Å². The molecule has 0 aliphatic carbocycles.